The quantitative estimate of drug-likeness (QED) is 0.660. The normalized spacial score (nSPS) is 16.0. The Balaban J connectivity index is 1.65. The first-order valence-corrected chi connectivity index (χ1v) is 9.61. The molecule has 6 nitrogen and oxygen atoms in total. The predicted molar refractivity (Wildman–Crippen MR) is 109 cm³/mol. The summed E-state index contributed by atoms with van der Waals surface area (Å²) in [5.41, 5.74) is 15.7. The van der Waals surface area contributed by atoms with Crippen LogP contribution in [0.5, 0.6) is 0 Å². The van der Waals surface area contributed by atoms with Crippen LogP contribution in [0.1, 0.15) is 54.9 Å². The molecule has 4 N–H and O–H groups in total. The summed E-state index contributed by atoms with van der Waals surface area (Å²) in [7, 11) is 0. The van der Waals surface area contributed by atoms with Gasteiger partial charge in [0, 0.05) is 22.4 Å². The number of nitrogen functional groups attached to an aromatic ring is 1. The molecule has 0 atom stereocenters. The molecule has 6 heteroatoms. The zero-order chi connectivity index (χ0) is 19.7. The molecule has 1 aromatic heterocycles. The minimum Gasteiger partial charge on any atom is -0.398 e. The van der Waals surface area contributed by atoms with E-state index < -0.39 is 5.91 Å². The number of aromatic nitrogens is 2. The monoisotopic (exact) mass is 376 g/mol. The molecular formula is C22H24N4O2. The van der Waals surface area contributed by atoms with Gasteiger partial charge in [-0.2, -0.15) is 4.98 Å². The van der Waals surface area contributed by atoms with Gasteiger partial charge in [0.05, 0.1) is 0 Å². The molecule has 0 radical (unpaired) electrons. The van der Waals surface area contributed by atoms with Gasteiger partial charge < -0.3 is 16.0 Å². The number of anilines is 1. The minimum atomic E-state index is -0.469. The Morgan fingerprint density at radius 2 is 1.71 bits per heavy atom. The SMILES string of the molecule is CC1(c2cc(-c3noc(-c4ccc(C(N)=O)cc4)n3)ccc2N)CCCCC1. The second kappa shape index (κ2) is 7.11. The van der Waals surface area contributed by atoms with Crippen molar-refractivity contribution < 1.29 is 9.32 Å². The molecule has 28 heavy (non-hydrogen) atoms. The van der Waals surface area contributed by atoms with Gasteiger partial charge >= 0.3 is 0 Å². The van der Waals surface area contributed by atoms with Gasteiger partial charge in [-0.1, -0.05) is 31.3 Å². The number of rotatable bonds is 4. The van der Waals surface area contributed by atoms with Crippen LogP contribution in [0.15, 0.2) is 47.0 Å². The highest BCUT2D eigenvalue weighted by atomic mass is 16.5. The van der Waals surface area contributed by atoms with Crippen molar-refractivity contribution in [3.8, 4) is 22.8 Å². The number of hydrogen-bond donors (Lipinski definition) is 2. The van der Waals surface area contributed by atoms with Crippen LogP contribution in [0, 0.1) is 0 Å². The predicted octanol–water partition coefficient (Wildman–Crippen LogP) is 4.31. The van der Waals surface area contributed by atoms with E-state index in [-0.39, 0.29) is 5.41 Å². The molecule has 2 aromatic carbocycles. The van der Waals surface area contributed by atoms with E-state index in [2.05, 4.69) is 23.1 Å². The van der Waals surface area contributed by atoms with Crippen LogP contribution >= 0.6 is 0 Å². The van der Waals surface area contributed by atoms with Crippen molar-refractivity contribution in [2.45, 2.75) is 44.4 Å². The Kier molecular flexibility index (Phi) is 4.63. The number of carbonyl (C=O) groups excluding carboxylic acids is 1. The third kappa shape index (κ3) is 3.38. The smallest absolute Gasteiger partial charge is 0.258 e. The number of benzene rings is 2. The lowest BCUT2D eigenvalue weighted by Crippen LogP contribution is -2.26. The van der Waals surface area contributed by atoms with Crippen molar-refractivity contribution in [3.63, 3.8) is 0 Å². The highest BCUT2D eigenvalue weighted by molar-refractivity contribution is 5.93. The summed E-state index contributed by atoms with van der Waals surface area (Å²) in [5, 5.41) is 4.14. The van der Waals surface area contributed by atoms with Crippen molar-refractivity contribution in [2.24, 2.45) is 5.73 Å². The van der Waals surface area contributed by atoms with E-state index in [0.717, 1.165) is 29.7 Å². The molecule has 0 bridgehead atoms. The van der Waals surface area contributed by atoms with E-state index in [9.17, 15) is 4.79 Å². The first kappa shape index (κ1) is 18.2. The average molecular weight is 376 g/mol. The highest BCUT2D eigenvalue weighted by Gasteiger charge is 2.31. The molecule has 1 heterocycles. The molecule has 0 saturated heterocycles. The van der Waals surface area contributed by atoms with E-state index in [4.69, 9.17) is 16.0 Å². The second-order valence-electron chi connectivity index (χ2n) is 7.79. The zero-order valence-corrected chi connectivity index (χ0v) is 15.9. The van der Waals surface area contributed by atoms with Gasteiger partial charge in [-0.05, 0) is 66.3 Å². The molecule has 1 aliphatic rings. The summed E-state index contributed by atoms with van der Waals surface area (Å²) in [6.07, 6.45) is 6.04. The van der Waals surface area contributed by atoms with Crippen LogP contribution in [0.2, 0.25) is 0 Å². The molecule has 144 valence electrons. The molecule has 0 aliphatic heterocycles. The Hall–Kier alpha value is -3.15. The number of amides is 1. The van der Waals surface area contributed by atoms with E-state index in [1.807, 2.05) is 12.1 Å². The molecule has 0 unspecified atom stereocenters. The summed E-state index contributed by atoms with van der Waals surface area (Å²) in [6, 6.07) is 12.7. The molecule has 1 aliphatic carbocycles. The molecule has 0 spiro atoms. The van der Waals surface area contributed by atoms with Crippen molar-refractivity contribution >= 4 is 11.6 Å². The standard InChI is InChI=1S/C22H24N4O2/c1-22(11-3-2-4-12-22)17-13-16(9-10-18(17)23)20-25-21(28-26-20)15-7-5-14(6-8-15)19(24)27/h5-10,13H,2-4,11-12,23H2,1H3,(H2,24,27). The summed E-state index contributed by atoms with van der Waals surface area (Å²) in [6.45, 7) is 2.30. The Morgan fingerprint density at radius 1 is 1.04 bits per heavy atom. The van der Waals surface area contributed by atoms with Crippen LogP contribution in [0.3, 0.4) is 0 Å². The number of nitrogens with zero attached hydrogens (tertiary/aromatic N) is 2. The summed E-state index contributed by atoms with van der Waals surface area (Å²) in [5.74, 6) is 0.450. The fraction of sp³-hybridized carbons (Fsp3) is 0.318. The van der Waals surface area contributed by atoms with E-state index >= 15 is 0 Å². The number of hydrogen-bond acceptors (Lipinski definition) is 5. The van der Waals surface area contributed by atoms with Crippen molar-refractivity contribution in [2.75, 3.05) is 5.73 Å². The Morgan fingerprint density at radius 3 is 2.39 bits per heavy atom. The summed E-state index contributed by atoms with van der Waals surface area (Å²) in [4.78, 5) is 15.7. The topological polar surface area (TPSA) is 108 Å². The zero-order valence-electron chi connectivity index (χ0n) is 15.9. The van der Waals surface area contributed by atoms with Crippen LogP contribution in [-0.4, -0.2) is 16.0 Å². The van der Waals surface area contributed by atoms with Crippen molar-refractivity contribution in [1.29, 1.82) is 0 Å². The lowest BCUT2D eigenvalue weighted by atomic mass is 9.70. The molecule has 4 rings (SSSR count). The maximum atomic E-state index is 11.2. The van der Waals surface area contributed by atoms with Gasteiger partial charge in [-0.3, -0.25) is 4.79 Å². The van der Waals surface area contributed by atoms with Gasteiger partial charge in [-0.25, -0.2) is 0 Å². The summed E-state index contributed by atoms with van der Waals surface area (Å²) < 4.78 is 5.44. The third-order valence-electron chi connectivity index (χ3n) is 5.76. The number of primary amides is 1. The lowest BCUT2D eigenvalue weighted by Gasteiger charge is -2.35. The van der Waals surface area contributed by atoms with Gasteiger partial charge in [0.1, 0.15) is 0 Å². The largest absolute Gasteiger partial charge is 0.398 e. The van der Waals surface area contributed by atoms with E-state index in [0.29, 0.717) is 17.3 Å². The maximum absolute atomic E-state index is 11.2. The highest BCUT2D eigenvalue weighted by Crippen LogP contribution is 2.42. The van der Waals surface area contributed by atoms with Crippen LogP contribution in [0.4, 0.5) is 5.69 Å². The second-order valence-corrected chi connectivity index (χ2v) is 7.79. The minimum absolute atomic E-state index is 0.0928. The fourth-order valence-electron chi connectivity index (χ4n) is 4.05. The third-order valence-corrected chi connectivity index (χ3v) is 5.76. The molecule has 1 amide bonds. The first-order chi connectivity index (χ1) is 13.5. The van der Waals surface area contributed by atoms with E-state index in [1.54, 1.807) is 24.3 Å². The van der Waals surface area contributed by atoms with Crippen molar-refractivity contribution in [1.82, 2.24) is 10.1 Å². The fourth-order valence-corrected chi connectivity index (χ4v) is 4.05. The lowest BCUT2D eigenvalue weighted by molar-refractivity contribution is 0.100. The molecule has 1 saturated carbocycles. The molecular weight excluding hydrogens is 352 g/mol. The first-order valence-electron chi connectivity index (χ1n) is 9.61. The van der Waals surface area contributed by atoms with Crippen molar-refractivity contribution in [3.05, 3.63) is 53.6 Å². The Labute approximate surface area is 163 Å². The van der Waals surface area contributed by atoms with Crippen LogP contribution in [-0.2, 0) is 5.41 Å². The van der Waals surface area contributed by atoms with Crippen LogP contribution in [0.25, 0.3) is 22.8 Å². The van der Waals surface area contributed by atoms with Gasteiger partial charge in [0.15, 0.2) is 0 Å². The number of nitrogens with two attached hydrogens (primary N) is 2. The maximum Gasteiger partial charge on any atom is 0.258 e. The van der Waals surface area contributed by atoms with Gasteiger partial charge in [0.2, 0.25) is 11.7 Å². The average Bonchev–Trinajstić information content (AvgIpc) is 3.19. The van der Waals surface area contributed by atoms with Crippen LogP contribution < -0.4 is 11.5 Å². The Bertz CT molecular complexity index is 1000. The van der Waals surface area contributed by atoms with Gasteiger partial charge in [0.25, 0.3) is 5.89 Å². The molecule has 1 fully saturated rings. The van der Waals surface area contributed by atoms with E-state index in [1.165, 1.54) is 24.8 Å². The summed E-state index contributed by atoms with van der Waals surface area (Å²) >= 11 is 0. The molecule has 3 aromatic rings. The van der Waals surface area contributed by atoms with Gasteiger partial charge in [-0.15, -0.1) is 0 Å². The number of carbonyl (C=O) groups is 1.